The van der Waals surface area contributed by atoms with E-state index < -0.39 is 0 Å². The van der Waals surface area contributed by atoms with Gasteiger partial charge in [-0.2, -0.15) is 0 Å². The van der Waals surface area contributed by atoms with E-state index in [2.05, 4.69) is 19.2 Å². The van der Waals surface area contributed by atoms with Gasteiger partial charge in [0.15, 0.2) is 0 Å². The zero-order valence-electron chi connectivity index (χ0n) is 12.5. The number of aliphatic hydroxyl groups is 1. The molecule has 0 aliphatic rings. The summed E-state index contributed by atoms with van der Waals surface area (Å²) in [5.74, 6) is 0.495. The van der Waals surface area contributed by atoms with Gasteiger partial charge in [0.2, 0.25) is 0 Å². The third-order valence-electron chi connectivity index (χ3n) is 3.46. The second-order valence-electron chi connectivity index (χ2n) is 5.58. The highest BCUT2D eigenvalue weighted by molar-refractivity contribution is 5.88. The predicted molar refractivity (Wildman–Crippen MR) is 84.9 cm³/mol. The number of aliphatic hydroxyl groups excluding tert-OH is 1. The lowest BCUT2D eigenvalue weighted by molar-refractivity contribution is 0.311. The van der Waals surface area contributed by atoms with E-state index in [1.54, 1.807) is 10.6 Å². The van der Waals surface area contributed by atoms with E-state index in [1.165, 1.54) is 6.07 Å². The molecular formula is C16H22N2O3. The lowest BCUT2D eigenvalue weighted by Crippen LogP contribution is -2.20. The van der Waals surface area contributed by atoms with Crippen LogP contribution in [0.25, 0.3) is 10.9 Å². The standard InChI is InChI=1S/C16H22N2O3/c1-11(2)5-7-18-14-4-3-12(17-6-8-19)9-13(14)15(20)10-16(18)21/h3-4,9-11,17,19-20H,5-8H2,1-2H3. The largest absolute Gasteiger partial charge is 0.507 e. The molecular weight excluding hydrogens is 268 g/mol. The summed E-state index contributed by atoms with van der Waals surface area (Å²) in [5.41, 5.74) is 1.35. The van der Waals surface area contributed by atoms with Crippen LogP contribution in [0, 0.1) is 5.92 Å². The van der Waals surface area contributed by atoms with Gasteiger partial charge in [-0.3, -0.25) is 4.79 Å². The monoisotopic (exact) mass is 290 g/mol. The number of pyridine rings is 1. The fourth-order valence-electron chi connectivity index (χ4n) is 2.30. The van der Waals surface area contributed by atoms with Crippen LogP contribution in [0.3, 0.4) is 0 Å². The van der Waals surface area contributed by atoms with Crippen molar-refractivity contribution in [2.24, 2.45) is 5.92 Å². The van der Waals surface area contributed by atoms with E-state index in [0.29, 0.717) is 24.4 Å². The number of rotatable bonds is 6. The summed E-state index contributed by atoms with van der Waals surface area (Å²) < 4.78 is 1.70. The Morgan fingerprint density at radius 2 is 2.05 bits per heavy atom. The highest BCUT2D eigenvalue weighted by Gasteiger charge is 2.09. The molecule has 2 aromatic rings. The van der Waals surface area contributed by atoms with Crippen molar-refractivity contribution < 1.29 is 10.2 Å². The molecule has 0 unspecified atom stereocenters. The number of fused-ring (bicyclic) bond motifs is 1. The maximum Gasteiger partial charge on any atom is 0.254 e. The Morgan fingerprint density at radius 3 is 2.71 bits per heavy atom. The maximum absolute atomic E-state index is 12.1. The summed E-state index contributed by atoms with van der Waals surface area (Å²) >= 11 is 0. The van der Waals surface area contributed by atoms with Crippen LogP contribution in [0.2, 0.25) is 0 Å². The fourth-order valence-corrected chi connectivity index (χ4v) is 2.30. The van der Waals surface area contributed by atoms with Gasteiger partial charge in [0.05, 0.1) is 12.1 Å². The summed E-state index contributed by atoms with van der Waals surface area (Å²) in [7, 11) is 0. The fraction of sp³-hybridized carbons (Fsp3) is 0.438. The van der Waals surface area contributed by atoms with Crippen molar-refractivity contribution in [1.82, 2.24) is 4.57 Å². The second-order valence-corrected chi connectivity index (χ2v) is 5.58. The first kappa shape index (κ1) is 15.4. The number of anilines is 1. The summed E-state index contributed by atoms with van der Waals surface area (Å²) in [6.07, 6.45) is 0.907. The summed E-state index contributed by atoms with van der Waals surface area (Å²) in [6.45, 7) is 5.35. The first-order valence-corrected chi connectivity index (χ1v) is 7.24. The van der Waals surface area contributed by atoms with Crippen molar-refractivity contribution in [2.75, 3.05) is 18.5 Å². The lowest BCUT2D eigenvalue weighted by Gasteiger charge is -2.14. The minimum absolute atomic E-state index is 0.0107. The van der Waals surface area contributed by atoms with Gasteiger partial charge >= 0.3 is 0 Å². The van der Waals surface area contributed by atoms with Crippen LogP contribution in [-0.2, 0) is 6.54 Å². The van der Waals surface area contributed by atoms with Crippen LogP contribution in [0.5, 0.6) is 5.75 Å². The van der Waals surface area contributed by atoms with Gasteiger partial charge in [-0.05, 0) is 30.5 Å². The van der Waals surface area contributed by atoms with Crippen LogP contribution < -0.4 is 10.9 Å². The van der Waals surface area contributed by atoms with E-state index in [4.69, 9.17) is 5.11 Å². The minimum Gasteiger partial charge on any atom is -0.507 e. The van der Waals surface area contributed by atoms with Crippen molar-refractivity contribution in [3.63, 3.8) is 0 Å². The summed E-state index contributed by atoms with van der Waals surface area (Å²) in [6, 6.07) is 6.74. The zero-order valence-corrected chi connectivity index (χ0v) is 12.5. The van der Waals surface area contributed by atoms with Crippen molar-refractivity contribution in [2.45, 2.75) is 26.8 Å². The van der Waals surface area contributed by atoms with E-state index in [9.17, 15) is 9.90 Å². The highest BCUT2D eigenvalue weighted by atomic mass is 16.3. The third-order valence-corrected chi connectivity index (χ3v) is 3.46. The van der Waals surface area contributed by atoms with Crippen molar-refractivity contribution >= 4 is 16.6 Å². The molecule has 0 radical (unpaired) electrons. The van der Waals surface area contributed by atoms with Gasteiger partial charge in [-0.1, -0.05) is 13.8 Å². The van der Waals surface area contributed by atoms with Gasteiger partial charge in [-0.25, -0.2) is 0 Å². The molecule has 5 nitrogen and oxygen atoms in total. The van der Waals surface area contributed by atoms with Crippen LogP contribution in [-0.4, -0.2) is 27.9 Å². The number of aryl methyl sites for hydroxylation is 1. The Hall–Kier alpha value is -2.01. The normalized spacial score (nSPS) is 11.2. The zero-order chi connectivity index (χ0) is 15.4. The number of aromatic nitrogens is 1. The number of aromatic hydroxyl groups is 1. The minimum atomic E-state index is -0.184. The molecule has 0 atom stereocenters. The molecule has 0 saturated heterocycles. The highest BCUT2D eigenvalue weighted by Crippen LogP contribution is 2.26. The van der Waals surface area contributed by atoms with Gasteiger partial charge in [0, 0.05) is 30.2 Å². The predicted octanol–water partition coefficient (Wildman–Crippen LogP) is 2.16. The smallest absolute Gasteiger partial charge is 0.254 e. The maximum atomic E-state index is 12.1. The van der Waals surface area contributed by atoms with Gasteiger partial charge in [0.1, 0.15) is 5.75 Å². The molecule has 0 fully saturated rings. The molecule has 0 aliphatic heterocycles. The Kier molecular flexibility index (Phi) is 4.85. The Bertz CT molecular complexity index is 677. The van der Waals surface area contributed by atoms with Gasteiger partial charge < -0.3 is 20.1 Å². The topological polar surface area (TPSA) is 74.5 Å². The lowest BCUT2D eigenvalue weighted by atomic mass is 10.1. The third kappa shape index (κ3) is 3.55. The van der Waals surface area contributed by atoms with E-state index in [1.807, 2.05) is 12.1 Å². The van der Waals surface area contributed by atoms with Crippen LogP contribution in [0.1, 0.15) is 20.3 Å². The SMILES string of the molecule is CC(C)CCn1c(=O)cc(O)c2cc(NCCO)ccc21. The molecule has 1 aromatic heterocycles. The Labute approximate surface area is 123 Å². The van der Waals surface area contributed by atoms with Crippen molar-refractivity contribution in [3.05, 3.63) is 34.6 Å². The molecule has 1 heterocycles. The van der Waals surface area contributed by atoms with Gasteiger partial charge in [0.25, 0.3) is 5.56 Å². The quantitative estimate of drug-likeness (QED) is 0.762. The van der Waals surface area contributed by atoms with Crippen molar-refractivity contribution in [1.29, 1.82) is 0 Å². The molecule has 2 rings (SSSR count). The average molecular weight is 290 g/mol. The van der Waals surface area contributed by atoms with Crippen LogP contribution >= 0.6 is 0 Å². The number of hydrogen-bond donors (Lipinski definition) is 3. The molecule has 0 amide bonds. The number of nitrogens with one attached hydrogen (secondary N) is 1. The first-order valence-electron chi connectivity index (χ1n) is 7.24. The molecule has 5 heteroatoms. The van der Waals surface area contributed by atoms with Crippen molar-refractivity contribution in [3.8, 4) is 5.75 Å². The Balaban J connectivity index is 2.46. The van der Waals surface area contributed by atoms with E-state index in [0.717, 1.165) is 17.6 Å². The first-order chi connectivity index (χ1) is 10.0. The Morgan fingerprint density at radius 1 is 1.29 bits per heavy atom. The molecule has 0 bridgehead atoms. The molecule has 3 N–H and O–H groups in total. The molecule has 0 saturated carbocycles. The van der Waals surface area contributed by atoms with Gasteiger partial charge in [-0.15, -0.1) is 0 Å². The number of benzene rings is 1. The number of hydrogen-bond acceptors (Lipinski definition) is 4. The van der Waals surface area contributed by atoms with Crippen LogP contribution in [0.4, 0.5) is 5.69 Å². The summed E-state index contributed by atoms with van der Waals surface area (Å²) in [5, 5.41) is 22.5. The molecule has 0 spiro atoms. The average Bonchev–Trinajstić information content (AvgIpc) is 2.44. The molecule has 1 aromatic carbocycles. The van der Waals surface area contributed by atoms with E-state index in [-0.39, 0.29) is 17.9 Å². The molecule has 0 aliphatic carbocycles. The molecule has 114 valence electrons. The second kappa shape index (κ2) is 6.63. The van der Waals surface area contributed by atoms with Crippen LogP contribution in [0.15, 0.2) is 29.1 Å². The van der Waals surface area contributed by atoms with E-state index >= 15 is 0 Å². The molecule has 21 heavy (non-hydrogen) atoms. The number of nitrogens with zero attached hydrogens (tertiary/aromatic N) is 1. The summed E-state index contributed by atoms with van der Waals surface area (Å²) in [4.78, 5) is 12.1.